The molecule has 0 unspecified atom stereocenters. The minimum Gasteiger partial charge on any atom is -0.336 e. The van der Waals surface area contributed by atoms with Crippen molar-refractivity contribution in [1.82, 2.24) is 9.80 Å². The molecule has 0 aromatic heterocycles. The molecule has 0 bridgehead atoms. The first-order valence-corrected chi connectivity index (χ1v) is 8.06. The van der Waals surface area contributed by atoms with Crippen LogP contribution in [0.2, 0.25) is 5.02 Å². The van der Waals surface area contributed by atoms with E-state index in [1.54, 1.807) is 11.8 Å². The Balaban J connectivity index is 1.92. The van der Waals surface area contributed by atoms with Gasteiger partial charge in [-0.1, -0.05) is 11.6 Å². The van der Waals surface area contributed by atoms with Gasteiger partial charge in [0.25, 0.3) is 5.91 Å². The van der Waals surface area contributed by atoms with Gasteiger partial charge in [-0.15, -0.1) is 0 Å². The topological polar surface area (TPSA) is 40.6 Å². The van der Waals surface area contributed by atoms with Crippen LogP contribution in [0.15, 0.2) is 18.2 Å². The number of rotatable bonds is 1. The molecule has 8 heteroatoms. The lowest BCUT2D eigenvalue weighted by atomic mass is 10.0. The first kappa shape index (κ1) is 17.1. The predicted molar refractivity (Wildman–Crippen MR) is 81.7 cm³/mol. The van der Waals surface area contributed by atoms with Crippen LogP contribution in [0.25, 0.3) is 0 Å². The maximum atomic E-state index is 12.9. The molecule has 1 aromatic rings. The molecule has 2 heterocycles. The highest BCUT2D eigenvalue weighted by Gasteiger charge is 2.43. The van der Waals surface area contributed by atoms with Crippen molar-refractivity contribution in [2.24, 2.45) is 0 Å². The third kappa shape index (κ3) is 2.85. The number of piperazine rings is 1. The lowest BCUT2D eigenvalue weighted by Gasteiger charge is -2.41. The zero-order valence-electron chi connectivity index (χ0n) is 12.9. The van der Waals surface area contributed by atoms with E-state index in [4.69, 9.17) is 11.6 Å². The van der Waals surface area contributed by atoms with Crippen LogP contribution in [0.4, 0.5) is 13.2 Å². The van der Waals surface area contributed by atoms with Crippen LogP contribution in [0, 0.1) is 0 Å². The van der Waals surface area contributed by atoms with Crippen molar-refractivity contribution in [3.05, 3.63) is 34.3 Å². The Hall–Kier alpha value is -1.76. The maximum Gasteiger partial charge on any atom is 0.416 e. The van der Waals surface area contributed by atoms with Crippen molar-refractivity contribution in [2.45, 2.75) is 38.0 Å². The standard InChI is InChI=1S/C16H16ClF3N2O2/c1-9-14(23)21-6-2-3-11(21)8-22(9)15(24)12-7-10(16(18,19)20)4-5-13(12)17/h4-5,7,9,11H,2-3,6,8H2,1H3/t9-,11-/m1/s1. The van der Waals surface area contributed by atoms with Crippen molar-refractivity contribution in [2.75, 3.05) is 13.1 Å². The summed E-state index contributed by atoms with van der Waals surface area (Å²) in [5, 5.41) is -0.0542. The number of fused-ring (bicyclic) bond motifs is 1. The second-order valence-electron chi connectivity index (χ2n) is 6.15. The maximum absolute atomic E-state index is 12.9. The Morgan fingerprint density at radius 1 is 1.33 bits per heavy atom. The quantitative estimate of drug-likeness (QED) is 0.771. The monoisotopic (exact) mass is 360 g/mol. The first-order chi connectivity index (χ1) is 11.2. The lowest BCUT2D eigenvalue weighted by Crippen LogP contribution is -2.60. The Bertz CT molecular complexity index is 692. The van der Waals surface area contributed by atoms with Crippen LogP contribution < -0.4 is 0 Å². The van der Waals surface area contributed by atoms with Crippen molar-refractivity contribution in [1.29, 1.82) is 0 Å². The van der Waals surface area contributed by atoms with E-state index in [2.05, 4.69) is 0 Å². The molecule has 0 N–H and O–H groups in total. The number of hydrogen-bond acceptors (Lipinski definition) is 2. The SMILES string of the molecule is C[C@@H]1C(=O)N2CCC[C@@H]2CN1C(=O)c1cc(C(F)(F)F)ccc1Cl. The van der Waals surface area contributed by atoms with Crippen molar-refractivity contribution >= 4 is 23.4 Å². The molecule has 130 valence electrons. The van der Waals surface area contributed by atoms with Gasteiger partial charge in [-0.05, 0) is 38.0 Å². The highest BCUT2D eigenvalue weighted by atomic mass is 35.5. The van der Waals surface area contributed by atoms with E-state index in [1.165, 1.54) is 4.90 Å². The molecule has 0 radical (unpaired) electrons. The van der Waals surface area contributed by atoms with Gasteiger partial charge in [0.05, 0.1) is 16.1 Å². The number of nitrogens with zero attached hydrogens (tertiary/aromatic N) is 2. The summed E-state index contributed by atoms with van der Waals surface area (Å²) in [5.41, 5.74) is -1.16. The molecule has 2 atom stereocenters. The van der Waals surface area contributed by atoms with Crippen LogP contribution in [0.3, 0.4) is 0 Å². The summed E-state index contributed by atoms with van der Waals surface area (Å²) < 4.78 is 38.7. The van der Waals surface area contributed by atoms with E-state index in [0.29, 0.717) is 13.1 Å². The van der Waals surface area contributed by atoms with E-state index in [1.807, 2.05) is 0 Å². The third-order valence-electron chi connectivity index (χ3n) is 4.68. The number of carbonyl (C=O) groups is 2. The summed E-state index contributed by atoms with van der Waals surface area (Å²) in [6, 6.07) is 1.88. The molecule has 0 saturated carbocycles. The van der Waals surface area contributed by atoms with Gasteiger partial charge in [-0.2, -0.15) is 13.2 Å². The molecule has 4 nitrogen and oxygen atoms in total. The van der Waals surface area contributed by atoms with Crippen molar-refractivity contribution in [3.8, 4) is 0 Å². The Morgan fingerprint density at radius 3 is 2.71 bits per heavy atom. The van der Waals surface area contributed by atoms with Gasteiger partial charge in [0.15, 0.2) is 0 Å². The van der Waals surface area contributed by atoms with Gasteiger partial charge in [-0.25, -0.2) is 0 Å². The molecule has 1 aromatic carbocycles. The average molecular weight is 361 g/mol. The summed E-state index contributed by atoms with van der Waals surface area (Å²) >= 11 is 5.95. The van der Waals surface area contributed by atoms with Crippen molar-refractivity contribution in [3.63, 3.8) is 0 Å². The molecule has 24 heavy (non-hydrogen) atoms. The average Bonchev–Trinajstić information content (AvgIpc) is 2.98. The van der Waals surface area contributed by atoms with Crippen LogP contribution >= 0.6 is 11.6 Å². The van der Waals surface area contributed by atoms with E-state index < -0.39 is 23.7 Å². The smallest absolute Gasteiger partial charge is 0.336 e. The molecular weight excluding hydrogens is 345 g/mol. The molecular formula is C16H16ClF3N2O2. The van der Waals surface area contributed by atoms with E-state index >= 15 is 0 Å². The van der Waals surface area contributed by atoms with E-state index in [0.717, 1.165) is 31.0 Å². The van der Waals surface area contributed by atoms with E-state index in [9.17, 15) is 22.8 Å². The van der Waals surface area contributed by atoms with Crippen LogP contribution in [-0.2, 0) is 11.0 Å². The summed E-state index contributed by atoms with van der Waals surface area (Å²) in [6.45, 7) is 2.58. The first-order valence-electron chi connectivity index (χ1n) is 7.68. The summed E-state index contributed by atoms with van der Waals surface area (Å²) in [7, 11) is 0. The predicted octanol–water partition coefficient (Wildman–Crippen LogP) is 3.19. The van der Waals surface area contributed by atoms with Crippen molar-refractivity contribution < 1.29 is 22.8 Å². The molecule has 2 fully saturated rings. The fraction of sp³-hybridized carbons (Fsp3) is 0.500. The summed E-state index contributed by atoms with van der Waals surface area (Å²) in [5.74, 6) is -0.807. The number of amides is 2. The second kappa shape index (κ2) is 5.95. The third-order valence-corrected chi connectivity index (χ3v) is 5.01. The Labute approximate surface area is 142 Å². The fourth-order valence-corrected chi connectivity index (χ4v) is 3.55. The van der Waals surface area contributed by atoms with Gasteiger partial charge in [0.1, 0.15) is 6.04 Å². The van der Waals surface area contributed by atoms with Gasteiger partial charge in [-0.3, -0.25) is 9.59 Å². The normalized spacial score (nSPS) is 24.3. The highest BCUT2D eigenvalue weighted by molar-refractivity contribution is 6.33. The van der Waals surface area contributed by atoms with Crippen LogP contribution in [0.1, 0.15) is 35.7 Å². The van der Waals surface area contributed by atoms with Gasteiger partial charge in [0, 0.05) is 19.1 Å². The molecule has 2 aliphatic rings. The lowest BCUT2D eigenvalue weighted by molar-refractivity contribution is -0.141. The number of alkyl halides is 3. The van der Waals surface area contributed by atoms with Gasteiger partial charge in [0.2, 0.25) is 5.91 Å². The highest BCUT2D eigenvalue weighted by Crippen LogP contribution is 2.33. The number of hydrogen-bond donors (Lipinski definition) is 0. The van der Waals surface area contributed by atoms with Gasteiger partial charge < -0.3 is 9.80 Å². The molecule has 2 amide bonds. The second-order valence-corrected chi connectivity index (χ2v) is 6.56. The molecule has 2 aliphatic heterocycles. The number of benzene rings is 1. The molecule has 0 aliphatic carbocycles. The summed E-state index contributed by atoms with van der Waals surface area (Å²) in [4.78, 5) is 28.2. The summed E-state index contributed by atoms with van der Waals surface area (Å²) in [6.07, 6.45) is -2.90. The molecule has 3 rings (SSSR count). The minimum atomic E-state index is -4.56. The van der Waals surface area contributed by atoms with Gasteiger partial charge >= 0.3 is 6.18 Å². The number of carbonyl (C=O) groups excluding carboxylic acids is 2. The van der Waals surface area contributed by atoms with E-state index in [-0.39, 0.29) is 22.5 Å². The number of halogens is 4. The largest absolute Gasteiger partial charge is 0.416 e. The van der Waals surface area contributed by atoms with Crippen LogP contribution in [0.5, 0.6) is 0 Å². The molecule has 2 saturated heterocycles. The Morgan fingerprint density at radius 2 is 2.04 bits per heavy atom. The fourth-order valence-electron chi connectivity index (χ4n) is 3.35. The minimum absolute atomic E-state index is 0.0542. The zero-order valence-corrected chi connectivity index (χ0v) is 13.7. The Kier molecular flexibility index (Phi) is 4.23. The van der Waals surface area contributed by atoms with Crippen LogP contribution in [-0.4, -0.2) is 46.8 Å². The zero-order chi connectivity index (χ0) is 17.6. The molecule has 0 spiro atoms.